The molecule has 0 spiro atoms. The molecule has 2 rings (SSSR count). The van der Waals surface area contributed by atoms with Crippen molar-refractivity contribution in [3.8, 4) is 5.75 Å². The summed E-state index contributed by atoms with van der Waals surface area (Å²) in [5.74, 6) is 0.205. The van der Waals surface area contributed by atoms with Crippen molar-refractivity contribution in [2.24, 2.45) is 0 Å². The van der Waals surface area contributed by atoms with E-state index in [0.717, 1.165) is 16.3 Å². The van der Waals surface area contributed by atoms with E-state index in [-0.39, 0.29) is 23.1 Å². The molecule has 0 aliphatic rings. The maximum absolute atomic E-state index is 12.1. The molecule has 4 nitrogen and oxygen atoms in total. The number of hydrogen-bond donors (Lipinski definition) is 2. The van der Waals surface area contributed by atoms with Gasteiger partial charge >= 0.3 is 0 Å². The number of hydrogen-bond acceptors (Lipinski definition) is 4. The summed E-state index contributed by atoms with van der Waals surface area (Å²) in [5.41, 5.74) is 1.86. The van der Waals surface area contributed by atoms with E-state index in [4.69, 9.17) is 0 Å². The lowest BCUT2D eigenvalue weighted by molar-refractivity contribution is -0.121. The summed E-state index contributed by atoms with van der Waals surface area (Å²) in [6.07, 6.45) is 0.871. The molecule has 0 aliphatic heterocycles. The Kier molecular flexibility index (Phi) is 5.42. The van der Waals surface area contributed by atoms with E-state index in [9.17, 15) is 9.90 Å². The third kappa shape index (κ3) is 4.79. The molecule has 0 aliphatic carbocycles. The number of nitrogens with zero attached hydrogens (tertiary/aromatic N) is 1. The lowest BCUT2D eigenvalue weighted by Crippen LogP contribution is -2.27. The van der Waals surface area contributed by atoms with Crippen LogP contribution in [0.2, 0.25) is 0 Å². The highest BCUT2D eigenvalue weighted by Gasteiger charge is 2.20. The average molecular weight is 332 g/mol. The number of amides is 1. The van der Waals surface area contributed by atoms with Crippen molar-refractivity contribution in [3.63, 3.8) is 0 Å². The van der Waals surface area contributed by atoms with Crippen molar-refractivity contribution < 1.29 is 9.90 Å². The van der Waals surface area contributed by atoms with Gasteiger partial charge < -0.3 is 10.4 Å². The van der Waals surface area contributed by atoms with Gasteiger partial charge in [0.25, 0.3) is 0 Å². The zero-order valence-corrected chi connectivity index (χ0v) is 14.9. The molecule has 0 unspecified atom stereocenters. The summed E-state index contributed by atoms with van der Waals surface area (Å²) in [5, 5.41) is 15.7. The highest BCUT2D eigenvalue weighted by molar-refractivity contribution is 7.09. The molecular weight excluding hydrogens is 308 g/mol. The monoisotopic (exact) mass is 332 g/mol. The second-order valence-corrected chi connectivity index (χ2v) is 7.63. The van der Waals surface area contributed by atoms with Crippen LogP contribution in [0.3, 0.4) is 0 Å². The minimum Gasteiger partial charge on any atom is -0.508 e. The molecule has 2 N–H and O–H groups in total. The summed E-state index contributed by atoms with van der Waals surface area (Å²) < 4.78 is 0. The fourth-order valence-electron chi connectivity index (χ4n) is 2.18. The minimum atomic E-state index is -0.104. The lowest BCUT2D eigenvalue weighted by atomic mass is 9.93. The Morgan fingerprint density at radius 2 is 2.04 bits per heavy atom. The Hall–Kier alpha value is -1.88. The van der Waals surface area contributed by atoms with Crippen LogP contribution in [-0.2, 0) is 16.6 Å². The fourth-order valence-corrected chi connectivity index (χ4v) is 3.23. The van der Waals surface area contributed by atoms with Gasteiger partial charge in [0.15, 0.2) is 0 Å². The number of aryl methyl sites for hydroxylation is 1. The average Bonchev–Trinajstić information content (AvgIpc) is 2.96. The van der Waals surface area contributed by atoms with Crippen LogP contribution < -0.4 is 5.32 Å². The van der Waals surface area contributed by atoms with Gasteiger partial charge in [0.1, 0.15) is 10.8 Å². The van der Waals surface area contributed by atoms with Crippen LogP contribution in [0.1, 0.15) is 56.4 Å². The predicted octanol–water partition coefficient (Wildman–Crippen LogP) is 3.96. The van der Waals surface area contributed by atoms with Crippen molar-refractivity contribution in [1.29, 1.82) is 0 Å². The first-order valence-corrected chi connectivity index (χ1v) is 8.67. The van der Waals surface area contributed by atoms with Crippen LogP contribution in [0, 0.1) is 0 Å². The number of carbonyl (C=O) groups is 1. The Bertz CT molecular complexity index is 674. The number of benzene rings is 1. The molecule has 0 bridgehead atoms. The van der Waals surface area contributed by atoms with Crippen LogP contribution in [0.15, 0.2) is 29.6 Å². The zero-order valence-electron chi connectivity index (χ0n) is 14.1. The quantitative estimate of drug-likeness (QED) is 0.871. The molecule has 0 fully saturated rings. The van der Waals surface area contributed by atoms with Gasteiger partial charge in [0.2, 0.25) is 5.91 Å². The van der Waals surface area contributed by atoms with Crippen LogP contribution in [0.4, 0.5) is 0 Å². The summed E-state index contributed by atoms with van der Waals surface area (Å²) in [6, 6.07) is 7.00. The smallest absolute Gasteiger partial charge is 0.220 e. The normalized spacial score (nSPS) is 12.9. The Morgan fingerprint density at radius 3 is 2.65 bits per heavy atom. The SMILES string of the molecule is C[C@@H](NC(=O)CCc1ccccc1O)c1nc(C(C)(C)C)cs1. The maximum Gasteiger partial charge on any atom is 0.220 e. The van der Waals surface area contributed by atoms with Gasteiger partial charge in [-0.05, 0) is 25.0 Å². The topological polar surface area (TPSA) is 62.2 Å². The highest BCUT2D eigenvalue weighted by atomic mass is 32.1. The van der Waals surface area contributed by atoms with E-state index < -0.39 is 0 Å². The first-order chi connectivity index (χ1) is 10.8. The Balaban J connectivity index is 1.90. The molecule has 2 aromatic rings. The molecule has 23 heavy (non-hydrogen) atoms. The largest absolute Gasteiger partial charge is 0.508 e. The number of thiazole rings is 1. The van der Waals surface area contributed by atoms with Crippen molar-refractivity contribution in [3.05, 3.63) is 45.9 Å². The van der Waals surface area contributed by atoms with E-state index in [2.05, 4.69) is 36.5 Å². The van der Waals surface area contributed by atoms with Crippen LogP contribution in [0.5, 0.6) is 5.75 Å². The molecule has 1 heterocycles. The molecule has 0 saturated heterocycles. The first-order valence-electron chi connectivity index (χ1n) is 7.79. The number of nitrogens with one attached hydrogen (secondary N) is 1. The van der Waals surface area contributed by atoms with Crippen LogP contribution in [-0.4, -0.2) is 16.0 Å². The lowest BCUT2D eigenvalue weighted by Gasteiger charge is -2.15. The minimum absolute atomic E-state index is 0.0172. The second-order valence-electron chi connectivity index (χ2n) is 6.74. The zero-order chi connectivity index (χ0) is 17.0. The molecule has 5 heteroatoms. The third-order valence-corrected chi connectivity index (χ3v) is 4.68. The van der Waals surface area contributed by atoms with Crippen molar-refractivity contribution in [2.45, 2.75) is 52.0 Å². The van der Waals surface area contributed by atoms with Gasteiger partial charge in [0, 0.05) is 17.2 Å². The summed E-state index contributed by atoms with van der Waals surface area (Å²) in [4.78, 5) is 16.7. The van der Waals surface area contributed by atoms with Gasteiger partial charge in [-0.15, -0.1) is 11.3 Å². The summed E-state index contributed by atoms with van der Waals surface area (Å²) in [7, 11) is 0. The molecule has 124 valence electrons. The van der Waals surface area contributed by atoms with Crippen molar-refractivity contribution in [1.82, 2.24) is 10.3 Å². The van der Waals surface area contributed by atoms with E-state index >= 15 is 0 Å². The van der Waals surface area contributed by atoms with Crippen molar-refractivity contribution in [2.75, 3.05) is 0 Å². The Morgan fingerprint density at radius 1 is 1.35 bits per heavy atom. The maximum atomic E-state index is 12.1. The van der Waals surface area contributed by atoms with Gasteiger partial charge in [-0.25, -0.2) is 4.98 Å². The molecule has 1 aromatic carbocycles. The van der Waals surface area contributed by atoms with E-state index in [1.54, 1.807) is 23.5 Å². The van der Waals surface area contributed by atoms with Gasteiger partial charge in [-0.3, -0.25) is 4.79 Å². The Labute approximate surface area is 141 Å². The number of phenols is 1. The number of carbonyl (C=O) groups excluding carboxylic acids is 1. The molecule has 0 radical (unpaired) electrons. The molecular formula is C18H24N2O2S. The second kappa shape index (κ2) is 7.13. The van der Waals surface area contributed by atoms with Gasteiger partial charge in [-0.2, -0.15) is 0 Å². The van der Waals surface area contributed by atoms with Crippen LogP contribution >= 0.6 is 11.3 Å². The number of rotatable bonds is 5. The highest BCUT2D eigenvalue weighted by Crippen LogP contribution is 2.26. The van der Waals surface area contributed by atoms with Crippen LogP contribution in [0.25, 0.3) is 0 Å². The molecule has 1 amide bonds. The number of aromatic nitrogens is 1. The van der Waals surface area contributed by atoms with Gasteiger partial charge in [-0.1, -0.05) is 39.0 Å². The van der Waals surface area contributed by atoms with Crippen molar-refractivity contribution >= 4 is 17.2 Å². The predicted molar refractivity (Wildman–Crippen MR) is 93.8 cm³/mol. The molecule has 1 aromatic heterocycles. The third-order valence-electron chi connectivity index (χ3n) is 3.65. The first kappa shape index (κ1) is 17.5. The molecule has 0 saturated carbocycles. The number of aromatic hydroxyl groups is 1. The number of phenolic OH excluding ortho intramolecular Hbond substituents is 1. The summed E-state index contributed by atoms with van der Waals surface area (Å²) in [6.45, 7) is 8.33. The standard InChI is InChI=1S/C18H24N2O2S/c1-12(17-20-15(11-23-17)18(2,3)4)19-16(22)10-9-13-7-5-6-8-14(13)21/h5-8,11-12,21H,9-10H2,1-4H3,(H,19,22)/t12-/m1/s1. The summed E-state index contributed by atoms with van der Waals surface area (Å²) >= 11 is 1.58. The van der Waals surface area contributed by atoms with E-state index in [0.29, 0.717) is 12.8 Å². The van der Waals surface area contributed by atoms with E-state index in [1.165, 1.54) is 0 Å². The number of para-hydroxylation sites is 1. The fraction of sp³-hybridized carbons (Fsp3) is 0.444. The molecule has 1 atom stereocenters. The van der Waals surface area contributed by atoms with Gasteiger partial charge in [0.05, 0.1) is 11.7 Å². The van der Waals surface area contributed by atoms with E-state index in [1.807, 2.05) is 19.1 Å².